The summed E-state index contributed by atoms with van der Waals surface area (Å²) < 4.78 is 0. The molecule has 3 aromatic rings. The van der Waals surface area contributed by atoms with Gasteiger partial charge in [-0.3, -0.25) is 4.79 Å². The second-order valence-electron chi connectivity index (χ2n) is 6.19. The van der Waals surface area contributed by atoms with E-state index in [9.17, 15) is 4.79 Å². The van der Waals surface area contributed by atoms with E-state index in [0.717, 1.165) is 22.7 Å². The SMILES string of the molecule is CC(NC(=O)c1ccc(NC2CC2)nc1)c1nc2ccccc2[nH]1. The van der Waals surface area contributed by atoms with E-state index >= 15 is 0 Å². The molecule has 1 atom stereocenters. The van der Waals surface area contributed by atoms with Crippen LogP contribution in [-0.2, 0) is 0 Å². The molecule has 0 spiro atoms. The summed E-state index contributed by atoms with van der Waals surface area (Å²) in [5.74, 6) is 1.40. The fraction of sp³-hybridized carbons (Fsp3) is 0.278. The smallest absolute Gasteiger partial charge is 0.253 e. The first-order chi connectivity index (χ1) is 11.7. The van der Waals surface area contributed by atoms with Gasteiger partial charge in [-0.05, 0) is 44.0 Å². The molecule has 122 valence electrons. The lowest BCUT2D eigenvalue weighted by atomic mass is 10.2. The number of anilines is 1. The molecule has 6 heteroatoms. The Morgan fingerprint density at radius 2 is 2.08 bits per heavy atom. The van der Waals surface area contributed by atoms with Crippen molar-refractivity contribution in [2.45, 2.75) is 31.8 Å². The molecule has 0 bridgehead atoms. The molecule has 0 radical (unpaired) electrons. The number of nitrogens with zero attached hydrogens (tertiary/aromatic N) is 2. The highest BCUT2D eigenvalue weighted by Gasteiger charge is 2.21. The van der Waals surface area contributed by atoms with Gasteiger partial charge in [-0.15, -0.1) is 0 Å². The van der Waals surface area contributed by atoms with Crippen LogP contribution in [-0.4, -0.2) is 26.9 Å². The van der Waals surface area contributed by atoms with Crippen molar-refractivity contribution in [3.8, 4) is 0 Å². The number of carbonyl (C=O) groups excluding carboxylic acids is 1. The Hall–Kier alpha value is -2.89. The van der Waals surface area contributed by atoms with Crippen molar-refractivity contribution in [2.75, 3.05) is 5.32 Å². The minimum absolute atomic E-state index is 0.159. The lowest BCUT2D eigenvalue weighted by Crippen LogP contribution is -2.27. The van der Waals surface area contributed by atoms with E-state index in [-0.39, 0.29) is 11.9 Å². The average molecular weight is 321 g/mol. The Kier molecular flexibility index (Phi) is 3.65. The van der Waals surface area contributed by atoms with Crippen LogP contribution in [0, 0.1) is 0 Å². The van der Waals surface area contributed by atoms with Crippen LogP contribution in [0.1, 0.15) is 42.0 Å². The van der Waals surface area contributed by atoms with Crippen molar-refractivity contribution in [3.63, 3.8) is 0 Å². The number of hydrogen-bond acceptors (Lipinski definition) is 4. The molecular weight excluding hydrogens is 302 g/mol. The van der Waals surface area contributed by atoms with Gasteiger partial charge in [0.2, 0.25) is 0 Å². The van der Waals surface area contributed by atoms with E-state index in [1.165, 1.54) is 12.8 Å². The second kappa shape index (κ2) is 5.96. The summed E-state index contributed by atoms with van der Waals surface area (Å²) in [6.07, 6.45) is 3.99. The van der Waals surface area contributed by atoms with Gasteiger partial charge in [-0.1, -0.05) is 12.1 Å². The molecule has 0 saturated heterocycles. The van der Waals surface area contributed by atoms with Gasteiger partial charge < -0.3 is 15.6 Å². The van der Waals surface area contributed by atoms with Crippen molar-refractivity contribution >= 4 is 22.8 Å². The number of para-hydroxylation sites is 2. The summed E-state index contributed by atoms with van der Waals surface area (Å²) in [7, 11) is 0. The van der Waals surface area contributed by atoms with E-state index in [1.54, 1.807) is 12.3 Å². The highest BCUT2D eigenvalue weighted by atomic mass is 16.1. The van der Waals surface area contributed by atoms with Crippen LogP contribution in [0.3, 0.4) is 0 Å². The zero-order valence-corrected chi connectivity index (χ0v) is 13.4. The molecule has 6 nitrogen and oxygen atoms in total. The number of rotatable bonds is 5. The summed E-state index contributed by atoms with van der Waals surface area (Å²) in [5, 5.41) is 6.26. The summed E-state index contributed by atoms with van der Waals surface area (Å²) in [4.78, 5) is 24.4. The zero-order chi connectivity index (χ0) is 16.5. The minimum Gasteiger partial charge on any atom is -0.367 e. The second-order valence-corrected chi connectivity index (χ2v) is 6.19. The van der Waals surface area contributed by atoms with Crippen LogP contribution in [0.25, 0.3) is 11.0 Å². The van der Waals surface area contributed by atoms with Gasteiger partial charge in [0.15, 0.2) is 0 Å². The van der Waals surface area contributed by atoms with E-state index in [1.807, 2.05) is 37.3 Å². The molecule has 1 saturated carbocycles. The van der Waals surface area contributed by atoms with Crippen molar-refractivity contribution in [3.05, 3.63) is 54.0 Å². The van der Waals surface area contributed by atoms with Crippen LogP contribution in [0.15, 0.2) is 42.6 Å². The molecule has 1 aliphatic rings. The van der Waals surface area contributed by atoms with E-state index < -0.39 is 0 Å². The number of pyridine rings is 1. The predicted octanol–water partition coefficient (Wildman–Crippen LogP) is 3.02. The van der Waals surface area contributed by atoms with Gasteiger partial charge in [0.05, 0.1) is 22.6 Å². The third-order valence-electron chi connectivity index (χ3n) is 4.12. The van der Waals surface area contributed by atoms with E-state index in [0.29, 0.717) is 11.6 Å². The molecule has 1 fully saturated rings. The van der Waals surface area contributed by atoms with Crippen LogP contribution < -0.4 is 10.6 Å². The fourth-order valence-corrected chi connectivity index (χ4v) is 2.58. The first-order valence-electron chi connectivity index (χ1n) is 8.17. The van der Waals surface area contributed by atoms with Crippen LogP contribution >= 0.6 is 0 Å². The molecule has 4 rings (SSSR count). The van der Waals surface area contributed by atoms with Crippen LogP contribution in [0.2, 0.25) is 0 Å². The van der Waals surface area contributed by atoms with Crippen molar-refractivity contribution < 1.29 is 4.79 Å². The molecular formula is C18H19N5O. The molecule has 1 aliphatic carbocycles. The van der Waals surface area contributed by atoms with Gasteiger partial charge in [-0.2, -0.15) is 0 Å². The lowest BCUT2D eigenvalue weighted by Gasteiger charge is -2.11. The Morgan fingerprint density at radius 3 is 2.79 bits per heavy atom. The molecule has 1 aromatic carbocycles. The molecule has 2 aromatic heterocycles. The summed E-state index contributed by atoms with van der Waals surface area (Å²) in [5.41, 5.74) is 2.40. The molecule has 1 amide bonds. The largest absolute Gasteiger partial charge is 0.367 e. The number of fused-ring (bicyclic) bond motifs is 1. The maximum Gasteiger partial charge on any atom is 0.253 e. The van der Waals surface area contributed by atoms with Crippen molar-refractivity contribution in [1.29, 1.82) is 0 Å². The quantitative estimate of drug-likeness (QED) is 0.674. The third-order valence-corrected chi connectivity index (χ3v) is 4.12. The summed E-state index contributed by atoms with van der Waals surface area (Å²) in [6.45, 7) is 1.91. The number of aromatic nitrogens is 3. The van der Waals surface area contributed by atoms with Crippen LogP contribution in [0.5, 0.6) is 0 Å². The zero-order valence-electron chi connectivity index (χ0n) is 13.4. The van der Waals surface area contributed by atoms with Gasteiger partial charge in [0.1, 0.15) is 11.6 Å². The summed E-state index contributed by atoms with van der Waals surface area (Å²) in [6, 6.07) is 11.8. The molecule has 2 heterocycles. The lowest BCUT2D eigenvalue weighted by molar-refractivity contribution is 0.0938. The number of H-pyrrole nitrogens is 1. The first-order valence-corrected chi connectivity index (χ1v) is 8.17. The number of carbonyl (C=O) groups is 1. The molecule has 24 heavy (non-hydrogen) atoms. The van der Waals surface area contributed by atoms with Crippen molar-refractivity contribution in [1.82, 2.24) is 20.3 Å². The maximum atomic E-state index is 12.4. The molecule has 0 aliphatic heterocycles. The Morgan fingerprint density at radius 1 is 1.25 bits per heavy atom. The summed E-state index contributed by atoms with van der Waals surface area (Å²) >= 11 is 0. The Balaban J connectivity index is 1.44. The van der Waals surface area contributed by atoms with E-state index in [2.05, 4.69) is 25.6 Å². The Bertz CT molecular complexity index is 834. The number of benzene rings is 1. The van der Waals surface area contributed by atoms with Gasteiger partial charge in [-0.25, -0.2) is 9.97 Å². The number of amides is 1. The van der Waals surface area contributed by atoms with Crippen molar-refractivity contribution in [2.24, 2.45) is 0 Å². The topological polar surface area (TPSA) is 82.7 Å². The number of nitrogens with one attached hydrogen (secondary N) is 3. The monoisotopic (exact) mass is 321 g/mol. The number of aromatic amines is 1. The predicted molar refractivity (Wildman–Crippen MR) is 92.9 cm³/mol. The van der Waals surface area contributed by atoms with Gasteiger partial charge >= 0.3 is 0 Å². The first kappa shape index (κ1) is 14.7. The van der Waals surface area contributed by atoms with E-state index in [4.69, 9.17) is 0 Å². The fourth-order valence-electron chi connectivity index (χ4n) is 2.58. The van der Waals surface area contributed by atoms with Gasteiger partial charge in [0.25, 0.3) is 5.91 Å². The highest BCUT2D eigenvalue weighted by Crippen LogP contribution is 2.23. The minimum atomic E-state index is -0.214. The highest BCUT2D eigenvalue weighted by molar-refractivity contribution is 5.94. The Labute approximate surface area is 139 Å². The molecule has 3 N–H and O–H groups in total. The number of imidazole rings is 1. The standard InChI is InChI=1S/C18H19N5O/c1-11(17-22-14-4-2-3-5-15(14)23-17)20-18(24)12-6-9-16(19-10-12)21-13-7-8-13/h2-6,9-11,13H,7-8H2,1H3,(H,19,21)(H,20,24)(H,22,23). The van der Waals surface area contributed by atoms with Gasteiger partial charge in [0, 0.05) is 12.2 Å². The van der Waals surface area contributed by atoms with Crippen LogP contribution in [0.4, 0.5) is 5.82 Å². The normalized spacial score (nSPS) is 15.2. The number of hydrogen-bond donors (Lipinski definition) is 3. The molecule has 1 unspecified atom stereocenters. The third kappa shape index (κ3) is 3.08. The maximum absolute atomic E-state index is 12.4. The average Bonchev–Trinajstić information content (AvgIpc) is 3.29.